The molecule has 1 saturated carbocycles. The molecule has 0 heterocycles. The maximum Gasteiger partial charge on any atom is 0.00870 e. The third-order valence-electron chi connectivity index (χ3n) is 4.06. The zero-order chi connectivity index (χ0) is 11.3. The van der Waals surface area contributed by atoms with Crippen molar-refractivity contribution in [3.05, 3.63) is 0 Å². The van der Waals surface area contributed by atoms with Crippen LogP contribution in [0.3, 0.4) is 0 Å². The summed E-state index contributed by atoms with van der Waals surface area (Å²) >= 11 is 0. The zero-order valence-electron chi connectivity index (χ0n) is 10.7. The van der Waals surface area contributed by atoms with Crippen molar-refractivity contribution in [2.24, 2.45) is 11.7 Å². The molecule has 0 spiro atoms. The molecule has 1 aliphatic rings. The first kappa shape index (κ1) is 13.0. The highest BCUT2D eigenvalue weighted by molar-refractivity contribution is 4.81. The minimum absolute atomic E-state index is 0.454. The van der Waals surface area contributed by atoms with E-state index in [9.17, 15) is 0 Å². The van der Waals surface area contributed by atoms with Crippen LogP contribution < -0.4 is 5.73 Å². The number of hydrogen-bond donors (Lipinski definition) is 1. The molecule has 2 atom stereocenters. The van der Waals surface area contributed by atoms with Crippen LogP contribution in [0.25, 0.3) is 0 Å². The molecule has 2 nitrogen and oxygen atoms in total. The van der Waals surface area contributed by atoms with E-state index in [0.717, 1.165) is 12.0 Å². The summed E-state index contributed by atoms with van der Waals surface area (Å²) in [7, 11) is 2.26. The maximum atomic E-state index is 6.18. The molecular weight excluding hydrogens is 184 g/mol. The highest BCUT2D eigenvalue weighted by Crippen LogP contribution is 2.24. The van der Waals surface area contributed by atoms with Crippen LogP contribution in [0.1, 0.15) is 52.4 Å². The van der Waals surface area contributed by atoms with Crippen LogP contribution in [0.15, 0.2) is 0 Å². The average molecular weight is 212 g/mol. The standard InChI is InChI=1S/C13H28N2/c1-4-12(5-2)15(3)10-11-8-6-7-9-13(11)14/h11-13H,4-10,14H2,1-3H3. The van der Waals surface area contributed by atoms with Crippen LogP contribution in [0.5, 0.6) is 0 Å². The fourth-order valence-corrected chi connectivity index (χ4v) is 2.89. The van der Waals surface area contributed by atoms with Crippen LogP contribution in [0, 0.1) is 5.92 Å². The third-order valence-corrected chi connectivity index (χ3v) is 4.06. The number of nitrogens with zero attached hydrogens (tertiary/aromatic N) is 1. The van der Waals surface area contributed by atoms with Crippen LogP contribution in [-0.2, 0) is 0 Å². The summed E-state index contributed by atoms with van der Waals surface area (Å²) in [6, 6.07) is 1.20. The van der Waals surface area contributed by atoms with Gasteiger partial charge in [-0.15, -0.1) is 0 Å². The first-order chi connectivity index (χ1) is 7.19. The second-order valence-corrected chi connectivity index (χ2v) is 5.12. The Morgan fingerprint density at radius 3 is 2.33 bits per heavy atom. The molecule has 0 amide bonds. The summed E-state index contributed by atoms with van der Waals surface area (Å²) in [5.41, 5.74) is 6.18. The average Bonchev–Trinajstić information content (AvgIpc) is 2.23. The van der Waals surface area contributed by atoms with Gasteiger partial charge >= 0.3 is 0 Å². The Morgan fingerprint density at radius 1 is 1.20 bits per heavy atom. The molecule has 15 heavy (non-hydrogen) atoms. The van der Waals surface area contributed by atoms with E-state index in [4.69, 9.17) is 5.73 Å². The van der Waals surface area contributed by atoms with Crippen molar-refractivity contribution in [2.75, 3.05) is 13.6 Å². The van der Waals surface area contributed by atoms with Crippen LogP contribution in [0.2, 0.25) is 0 Å². The molecule has 2 unspecified atom stereocenters. The second kappa shape index (κ2) is 6.49. The zero-order valence-corrected chi connectivity index (χ0v) is 10.7. The van der Waals surface area contributed by atoms with E-state index in [-0.39, 0.29) is 0 Å². The molecule has 90 valence electrons. The molecule has 0 saturated heterocycles. The van der Waals surface area contributed by atoms with Crippen molar-refractivity contribution in [3.8, 4) is 0 Å². The molecular formula is C13H28N2. The topological polar surface area (TPSA) is 29.3 Å². The van der Waals surface area contributed by atoms with Gasteiger partial charge in [-0.1, -0.05) is 26.7 Å². The van der Waals surface area contributed by atoms with Crippen molar-refractivity contribution in [3.63, 3.8) is 0 Å². The lowest BCUT2D eigenvalue weighted by molar-refractivity contribution is 0.161. The van der Waals surface area contributed by atoms with E-state index in [0.29, 0.717) is 6.04 Å². The SMILES string of the molecule is CCC(CC)N(C)CC1CCCCC1N. The van der Waals surface area contributed by atoms with E-state index in [1.165, 1.54) is 45.1 Å². The molecule has 2 N–H and O–H groups in total. The molecule has 1 rings (SSSR count). The molecule has 0 aliphatic heterocycles. The predicted octanol–water partition coefficient (Wildman–Crippen LogP) is 2.62. The van der Waals surface area contributed by atoms with Gasteiger partial charge < -0.3 is 10.6 Å². The highest BCUT2D eigenvalue weighted by atomic mass is 15.1. The van der Waals surface area contributed by atoms with E-state index in [2.05, 4.69) is 25.8 Å². The summed E-state index contributed by atoms with van der Waals surface area (Å²) in [5.74, 6) is 0.740. The Hall–Kier alpha value is -0.0800. The molecule has 0 bridgehead atoms. The normalized spacial score (nSPS) is 27.6. The smallest absolute Gasteiger partial charge is 0.00870 e. The Kier molecular flexibility index (Phi) is 5.62. The minimum atomic E-state index is 0.454. The Balaban J connectivity index is 2.38. The lowest BCUT2D eigenvalue weighted by Crippen LogP contribution is -2.43. The van der Waals surface area contributed by atoms with Gasteiger partial charge in [0, 0.05) is 18.6 Å². The summed E-state index contributed by atoms with van der Waals surface area (Å²) in [4.78, 5) is 2.52. The number of rotatable bonds is 5. The second-order valence-electron chi connectivity index (χ2n) is 5.12. The van der Waals surface area contributed by atoms with Gasteiger partial charge in [-0.05, 0) is 38.6 Å². The van der Waals surface area contributed by atoms with Crippen molar-refractivity contribution < 1.29 is 0 Å². The van der Waals surface area contributed by atoms with E-state index in [1.54, 1.807) is 0 Å². The number of nitrogens with two attached hydrogens (primary N) is 1. The first-order valence-electron chi connectivity index (χ1n) is 6.64. The van der Waals surface area contributed by atoms with Gasteiger partial charge in [0.05, 0.1) is 0 Å². The Morgan fingerprint density at radius 2 is 1.80 bits per heavy atom. The summed E-state index contributed by atoms with van der Waals surface area (Å²) in [6.45, 7) is 5.77. The van der Waals surface area contributed by atoms with Crippen LogP contribution in [0.4, 0.5) is 0 Å². The highest BCUT2D eigenvalue weighted by Gasteiger charge is 2.24. The van der Waals surface area contributed by atoms with Crippen LogP contribution in [-0.4, -0.2) is 30.6 Å². The van der Waals surface area contributed by atoms with Gasteiger partial charge in [0.2, 0.25) is 0 Å². The van der Waals surface area contributed by atoms with Crippen molar-refractivity contribution in [2.45, 2.75) is 64.5 Å². The molecule has 1 aliphatic carbocycles. The van der Waals surface area contributed by atoms with Crippen molar-refractivity contribution in [1.82, 2.24) is 4.90 Å². The molecule has 0 radical (unpaired) electrons. The first-order valence-corrected chi connectivity index (χ1v) is 6.64. The lowest BCUT2D eigenvalue weighted by atomic mass is 9.84. The summed E-state index contributed by atoms with van der Waals surface area (Å²) in [6.07, 6.45) is 7.82. The molecule has 0 aromatic carbocycles. The van der Waals surface area contributed by atoms with Gasteiger partial charge in [0.1, 0.15) is 0 Å². The van der Waals surface area contributed by atoms with Crippen molar-refractivity contribution in [1.29, 1.82) is 0 Å². The van der Waals surface area contributed by atoms with Crippen molar-refractivity contribution >= 4 is 0 Å². The Labute approximate surface area is 95.2 Å². The van der Waals surface area contributed by atoms with Gasteiger partial charge in [0.25, 0.3) is 0 Å². The fraction of sp³-hybridized carbons (Fsp3) is 1.00. The van der Waals surface area contributed by atoms with Gasteiger partial charge in [0.15, 0.2) is 0 Å². The van der Waals surface area contributed by atoms with Gasteiger partial charge in [-0.3, -0.25) is 0 Å². The Bertz CT molecular complexity index is 166. The fourth-order valence-electron chi connectivity index (χ4n) is 2.89. The van der Waals surface area contributed by atoms with Gasteiger partial charge in [-0.2, -0.15) is 0 Å². The molecule has 0 aromatic rings. The van der Waals surface area contributed by atoms with Gasteiger partial charge in [-0.25, -0.2) is 0 Å². The van der Waals surface area contributed by atoms with E-state index >= 15 is 0 Å². The maximum absolute atomic E-state index is 6.18. The summed E-state index contributed by atoms with van der Waals surface area (Å²) in [5, 5.41) is 0. The lowest BCUT2D eigenvalue weighted by Gasteiger charge is -2.35. The van der Waals surface area contributed by atoms with E-state index in [1.807, 2.05) is 0 Å². The predicted molar refractivity (Wildman–Crippen MR) is 66.9 cm³/mol. The summed E-state index contributed by atoms with van der Waals surface area (Å²) < 4.78 is 0. The minimum Gasteiger partial charge on any atom is -0.327 e. The molecule has 1 fully saturated rings. The number of hydrogen-bond acceptors (Lipinski definition) is 2. The largest absolute Gasteiger partial charge is 0.327 e. The quantitative estimate of drug-likeness (QED) is 0.759. The third kappa shape index (κ3) is 3.76. The van der Waals surface area contributed by atoms with Crippen LogP contribution >= 0.6 is 0 Å². The molecule has 2 heteroatoms. The molecule has 0 aromatic heterocycles. The monoisotopic (exact) mass is 212 g/mol. The van der Waals surface area contributed by atoms with E-state index < -0.39 is 0 Å².